The van der Waals surface area contributed by atoms with E-state index in [1.807, 2.05) is 6.92 Å². The van der Waals surface area contributed by atoms with Gasteiger partial charge in [0.05, 0.1) is 0 Å². The van der Waals surface area contributed by atoms with Gasteiger partial charge in [0.1, 0.15) is 11.6 Å². The van der Waals surface area contributed by atoms with E-state index in [1.54, 1.807) is 6.07 Å². The minimum atomic E-state index is -0.0682. The summed E-state index contributed by atoms with van der Waals surface area (Å²) < 4.78 is 0. The molecular weight excluding hydrogens is 216 g/mol. The van der Waals surface area contributed by atoms with Crippen molar-refractivity contribution < 1.29 is 0 Å². The highest BCUT2D eigenvalue weighted by Crippen LogP contribution is 2.16. The predicted molar refractivity (Wildman–Crippen MR) is 68.5 cm³/mol. The molecule has 17 heavy (non-hydrogen) atoms. The molecule has 1 aliphatic heterocycles. The van der Waals surface area contributed by atoms with Crippen molar-refractivity contribution in [3.8, 4) is 0 Å². The van der Waals surface area contributed by atoms with E-state index in [0.29, 0.717) is 11.9 Å². The number of hydrogen-bond acceptors (Lipinski definition) is 4. The van der Waals surface area contributed by atoms with Crippen LogP contribution in [0.1, 0.15) is 25.6 Å². The Morgan fingerprint density at radius 2 is 2.24 bits per heavy atom. The molecule has 0 aromatic carbocycles. The van der Waals surface area contributed by atoms with Crippen LogP contribution in [0.15, 0.2) is 10.9 Å². The maximum atomic E-state index is 11.4. The van der Waals surface area contributed by atoms with Gasteiger partial charge in [0.15, 0.2) is 0 Å². The lowest BCUT2D eigenvalue weighted by Gasteiger charge is -2.33. The summed E-state index contributed by atoms with van der Waals surface area (Å²) in [5.74, 6) is 1.49. The van der Waals surface area contributed by atoms with Crippen molar-refractivity contribution in [1.82, 2.24) is 15.3 Å². The molecule has 0 radical (unpaired) electrons. The first kappa shape index (κ1) is 12.1. The van der Waals surface area contributed by atoms with Crippen LogP contribution in [0.5, 0.6) is 0 Å². The largest absolute Gasteiger partial charge is 0.356 e. The zero-order valence-corrected chi connectivity index (χ0v) is 10.5. The van der Waals surface area contributed by atoms with Crippen LogP contribution in [-0.4, -0.2) is 35.6 Å². The molecule has 1 aliphatic rings. The standard InChI is InChI=1S/C12H20N4O/c1-3-13-10-4-6-16(7-5-10)11-8-12(17)15-9(2)14-11/h8,10,13H,3-7H2,1-2H3,(H,14,15,17). The number of nitrogens with zero attached hydrogens (tertiary/aromatic N) is 2. The van der Waals surface area contributed by atoms with Crippen LogP contribution in [0, 0.1) is 6.92 Å². The smallest absolute Gasteiger partial charge is 0.252 e. The molecule has 94 valence electrons. The third kappa shape index (κ3) is 3.06. The summed E-state index contributed by atoms with van der Waals surface area (Å²) in [5, 5.41) is 3.46. The molecule has 1 saturated heterocycles. The van der Waals surface area contributed by atoms with Crippen LogP contribution in [0.2, 0.25) is 0 Å². The highest BCUT2D eigenvalue weighted by Gasteiger charge is 2.19. The van der Waals surface area contributed by atoms with Crippen LogP contribution >= 0.6 is 0 Å². The molecule has 5 nitrogen and oxygen atoms in total. The molecule has 0 aliphatic carbocycles. The van der Waals surface area contributed by atoms with Gasteiger partial charge in [0.2, 0.25) is 0 Å². The van der Waals surface area contributed by atoms with E-state index >= 15 is 0 Å². The predicted octanol–water partition coefficient (Wildman–Crippen LogP) is 0.657. The fraction of sp³-hybridized carbons (Fsp3) is 0.667. The number of H-pyrrole nitrogens is 1. The topological polar surface area (TPSA) is 61.0 Å². The van der Waals surface area contributed by atoms with Crippen molar-refractivity contribution >= 4 is 5.82 Å². The summed E-state index contributed by atoms with van der Waals surface area (Å²) in [6.07, 6.45) is 2.22. The second kappa shape index (κ2) is 5.31. The van der Waals surface area contributed by atoms with E-state index < -0.39 is 0 Å². The van der Waals surface area contributed by atoms with Crippen LogP contribution < -0.4 is 15.8 Å². The maximum absolute atomic E-state index is 11.4. The molecular formula is C12H20N4O. The summed E-state index contributed by atoms with van der Waals surface area (Å²) in [7, 11) is 0. The number of aryl methyl sites for hydroxylation is 1. The third-order valence-corrected chi connectivity index (χ3v) is 3.16. The fourth-order valence-corrected chi connectivity index (χ4v) is 2.33. The first-order valence-electron chi connectivity index (χ1n) is 6.25. The molecule has 1 aromatic rings. The Balaban J connectivity index is 2.02. The van der Waals surface area contributed by atoms with E-state index in [9.17, 15) is 4.79 Å². The molecule has 1 fully saturated rings. The summed E-state index contributed by atoms with van der Waals surface area (Å²) >= 11 is 0. The van der Waals surface area contributed by atoms with E-state index in [0.717, 1.165) is 38.3 Å². The minimum Gasteiger partial charge on any atom is -0.356 e. The number of anilines is 1. The quantitative estimate of drug-likeness (QED) is 0.809. The van der Waals surface area contributed by atoms with Crippen LogP contribution in [-0.2, 0) is 0 Å². The van der Waals surface area contributed by atoms with Gasteiger partial charge in [-0.25, -0.2) is 4.98 Å². The maximum Gasteiger partial charge on any atom is 0.252 e. The molecule has 0 unspecified atom stereocenters. The SMILES string of the molecule is CCNC1CCN(c2cc(=O)[nH]c(C)n2)CC1. The van der Waals surface area contributed by atoms with E-state index in [4.69, 9.17) is 0 Å². The molecule has 0 spiro atoms. The van der Waals surface area contributed by atoms with Gasteiger partial charge in [-0.15, -0.1) is 0 Å². The van der Waals surface area contributed by atoms with Gasteiger partial charge in [-0.1, -0.05) is 6.92 Å². The van der Waals surface area contributed by atoms with Crippen LogP contribution in [0.25, 0.3) is 0 Å². The molecule has 0 saturated carbocycles. The monoisotopic (exact) mass is 236 g/mol. The number of piperidine rings is 1. The fourth-order valence-electron chi connectivity index (χ4n) is 2.33. The molecule has 2 N–H and O–H groups in total. The highest BCUT2D eigenvalue weighted by molar-refractivity contribution is 5.37. The number of aromatic nitrogens is 2. The third-order valence-electron chi connectivity index (χ3n) is 3.16. The van der Waals surface area contributed by atoms with Crippen molar-refractivity contribution in [2.45, 2.75) is 32.7 Å². The van der Waals surface area contributed by atoms with Gasteiger partial charge in [-0.3, -0.25) is 4.79 Å². The Hall–Kier alpha value is -1.36. The summed E-state index contributed by atoms with van der Waals surface area (Å²) in [4.78, 5) is 20.6. The van der Waals surface area contributed by atoms with Crippen LogP contribution in [0.4, 0.5) is 5.82 Å². The number of nitrogens with one attached hydrogen (secondary N) is 2. The first-order valence-corrected chi connectivity index (χ1v) is 6.25. The molecule has 0 atom stereocenters. The summed E-state index contributed by atoms with van der Waals surface area (Å²) in [5.41, 5.74) is -0.0682. The number of hydrogen-bond donors (Lipinski definition) is 2. The second-order valence-corrected chi connectivity index (χ2v) is 4.51. The minimum absolute atomic E-state index is 0.0682. The number of aromatic amines is 1. The zero-order chi connectivity index (χ0) is 12.3. The Labute approximate surface area is 101 Å². The van der Waals surface area contributed by atoms with Crippen molar-refractivity contribution in [2.75, 3.05) is 24.5 Å². The van der Waals surface area contributed by atoms with E-state index in [-0.39, 0.29) is 5.56 Å². The molecule has 2 heterocycles. The van der Waals surface area contributed by atoms with Gasteiger partial charge < -0.3 is 15.2 Å². The van der Waals surface area contributed by atoms with E-state index in [1.165, 1.54) is 0 Å². The summed E-state index contributed by atoms with van der Waals surface area (Å²) in [6, 6.07) is 2.19. The van der Waals surface area contributed by atoms with Crippen molar-refractivity contribution in [1.29, 1.82) is 0 Å². The Morgan fingerprint density at radius 3 is 2.82 bits per heavy atom. The van der Waals surface area contributed by atoms with Gasteiger partial charge in [0.25, 0.3) is 5.56 Å². The average molecular weight is 236 g/mol. The molecule has 5 heteroatoms. The molecule has 1 aromatic heterocycles. The van der Waals surface area contributed by atoms with Gasteiger partial charge in [-0.2, -0.15) is 0 Å². The second-order valence-electron chi connectivity index (χ2n) is 4.51. The summed E-state index contributed by atoms with van der Waals surface area (Å²) in [6.45, 7) is 6.90. The lowest BCUT2D eigenvalue weighted by Crippen LogP contribution is -2.43. The van der Waals surface area contributed by atoms with Gasteiger partial charge in [-0.05, 0) is 26.3 Å². The lowest BCUT2D eigenvalue weighted by atomic mass is 10.1. The first-order chi connectivity index (χ1) is 8.19. The molecule has 0 amide bonds. The normalized spacial score (nSPS) is 17.4. The van der Waals surface area contributed by atoms with E-state index in [2.05, 4.69) is 27.1 Å². The average Bonchev–Trinajstić information content (AvgIpc) is 2.29. The Bertz CT molecular complexity index is 421. The van der Waals surface area contributed by atoms with Crippen LogP contribution in [0.3, 0.4) is 0 Å². The van der Waals surface area contributed by atoms with Crippen molar-refractivity contribution in [3.63, 3.8) is 0 Å². The van der Waals surface area contributed by atoms with Crippen molar-refractivity contribution in [2.24, 2.45) is 0 Å². The number of rotatable bonds is 3. The lowest BCUT2D eigenvalue weighted by molar-refractivity contribution is 0.422. The molecule has 0 bridgehead atoms. The highest BCUT2D eigenvalue weighted by atomic mass is 16.1. The van der Waals surface area contributed by atoms with Gasteiger partial charge in [0, 0.05) is 25.2 Å². The van der Waals surface area contributed by atoms with Crippen molar-refractivity contribution in [3.05, 3.63) is 22.2 Å². The zero-order valence-electron chi connectivity index (χ0n) is 10.5. The molecule has 2 rings (SSSR count). The Kier molecular flexibility index (Phi) is 3.78. The van der Waals surface area contributed by atoms with Gasteiger partial charge >= 0.3 is 0 Å². The Morgan fingerprint density at radius 1 is 1.53 bits per heavy atom.